The van der Waals surface area contributed by atoms with Crippen LogP contribution in [0.25, 0.3) is 5.57 Å². The van der Waals surface area contributed by atoms with Crippen LogP contribution in [0.1, 0.15) is 56.7 Å². The van der Waals surface area contributed by atoms with E-state index in [1.165, 1.54) is 17.4 Å². The van der Waals surface area contributed by atoms with Gasteiger partial charge < -0.3 is 21.1 Å². The van der Waals surface area contributed by atoms with Crippen molar-refractivity contribution in [2.75, 3.05) is 0 Å². The Kier molecular flexibility index (Phi) is 8.37. The number of aliphatic hydroxyl groups excluding tert-OH is 2. The van der Waals surface area contributed by atoms with Crippen LogP contribution in [0.4, 0.5) is 4.39 Å². The summed E-state index contributed by atoms with van der Waals surface area (Å²) >= 11 is 1.28. The number of amides is 1. The van der Waals surface area contributed by atoms with Crippen molar-refractivity contribution in [2.45, 2.75) is 69.7 Å². The van der Waals surface area contributed by atoms with Crippen LogP contribution in [-0.2, 0) is 4.79 Å². The fourth-order valence-corrected chi connectivity index (χ4v) is 4.60. The maximum atomic E-state index is 14.1. The molecule has 0 spiro atoms. The van der Waals surface area contributed by atoms with E-state index in [-0.39, 0.29) is 18.1 Å². The van der Waals surface area contributed by atoms with Crippen molar-refractivity contribution >= 4 is 22.8 Å². The molecule has 0 radical (unpaired) electrons. The second-order valence-electron chi connectivity index (χ2n) is 7.44. The molecule has 1 amide bonds. The van der Waals surface area contributed by atoms with E-state index in [4.69, 9.17) is 5.73 Å². The number of unbranched alkanes of at least 4 members (excludes halogenated alkanes) is 1. The number of hydrogen-bond acceptors (Lipinski definition) is 5. The third-order valence-corrected chi connectivity index (χ3v) is 6.15. The Morgan fingerprint density at radius 3 is 2.75 bits per heavy atom. The maximum Gasteiger partial charge on any atom is 0.217 e. The van der Waals surface area contributed by atoms with Gasteiger partial charge in [-0.2, -0.15) is 0 Å². The molecular formula is C21H30FNO4S. The second-order valence-corrected chi connectivity index (χ2v) is 8.36. The van der Waals surface area contributed by atoms with Crippen LogP contribution in [0.3, 0.4) is 0 Å². The number of carbonyl (C=O) groups is 1. The van der Waals surface area contributed by atoms with Crippen LogP contribution in [0, 0.1) is 11.7 Å². The fraction of sp³-hybridized carbons (Fsp3) is 0.571. The second kappa shape index (κ2) is 10.3. The van der Waals surface area contributed by atoms with E-state index >= 15 is 0 Å². The van der Waals surface area contributed by atoms with Gasteiger partial charge in [-0.1, -0.05) is 25.5 Å². The number of carbonyl (C=O) groups excluding carboxylic acids is 1. The van der Waals surface area contributed by atoms with Gasteiger partial charge in [-0.25, -0.2) is 4.39 Å². The minimum Gasteiger partial charge on any atom is -0.390 e. The molecule has 2 rings (SSSR count). The quantitative estimate of drug-likeness (QED) is 0.351. The van der Waals surface area contributed by atoms with Gasteiger partial charge in [0.15, 0.2) is 0 Å². The monoisotopic (exact) mass is 411 g/mol. The highest BCUT2D eigenvalue weighted by Crippen LogP contribution is 2.42. The summed E-state index contributed by atoms with van der Waals surface area (Å²) in [6, 6.07) is 1.40. The summed E-state index contributed by atoms with van der Waals surface area (Å²) in [6.07, 6.45) is 6.66. The van der Waals surface area contributed by atoms with Gasteiger partial charge in [0.2, 0.25) is 5.91 Å². The van der Waals surface area contributed by atoms with Gasteiger partial charge in [0, 0.05) is 18.8 Å². The van der Waals surface area contributed by atoms with E-state index in [0.29, 0.717) is 42.6 Å². The van der Waals surface area contributed by atoms with E-state index in [9.17, 15) is 24.5 Å². The lowest BCUT2D eigenvalue weighted by molar-refractivity contribution is -0.118. The van der Waals surface area contributed by atoms with Gasteiger partial charge in [0.1, 0.15) is 5.82 Å². The molecule has 1 aliphatic carbocycles. The van der Waals surface area contributed by atoms with Crippen LogP contribution >= 0.6 is 11.3 Å². The Hall–Kier alpha value is -1.54. The van der Waals surface area contributed by atoms with Crippen LogP contribution in [0.2, 0.25) is 0 Å². The van der Waals surface area contributed by atoms with Crippen LogP contribution in [0.15, 0.2) is 29.7 Å². The van der Waals surface area contributed by atoms with Crippen molar-refractivity contribution in [3.63, 3.8) is 0 Å². The summed E-state index contributed by atoms with van der Waals surface area (Å²) in [4.78, 5) is 11.2. The van der Waals surface area contributed by atoms with Crippen LogP contribution in [0.5, 0.6) is 0 Å². The molecule has 1 aliphatic rings. The van der Waals surface area contributed by atoms with E-state index in [2.05, 4.69) is 0 Å². The zero-order valence-corrected chi connectivity index (χ0v) is 17.0. The summed E-state index contributed by atoms with van der Waals surface area (Å²) < 4.78 is 14.1. The van der Waals surface area contributed by atoms with Crippen molar-refractivity contribution in [3.05, 3.63) is 40.4 Å². The van der Waals surface area contributed by atoms with Gasteiger partial charge in [0.05, 0.1) is 22.7 Å². The van der Waals surface area contributed by atoms with E-state index in [1.54, 1.807) is 11.5 Å². The number of aliphatic hydroxyl groups is 3. The normalized spacial score (nSPS) is 28.3. The topological polar surface area (TPSA) is 104 Å². The van der Waals surface area contributed by atoms with E-state index in [0.717, 1.165) is 6.42 Å². The first-order chi connectivity index (χ1) is 13.3. The van der Waals surface area contributed by atoms with Gasteiger partial charge in [-0.15, -0.1) is 11.3 Å². The lowest BCUT2D eigenvalue weighted by atomic mass is 9.84. The molecule has 2 unspecified atom stereocenters. The third kappa shape index (κ3) is 5.73. The number of primary amides is 1. The maximum absolute atomic E-state index is 14.1. The Balaban J connectivity index is 2.17. The highest BCUT2D eigenvalue weighted by Gasteiger charge is 2.50. The molecule has 0 saturated heterocycles. The van der Waals surface area contributed by atoms with Crippen molar-refractivity contribution in [1.29, 1.82) is 0 Å². The van der Waals surface area contributed by atoms with Crippen molar-refractivity contribution in [2.24, 2.45) is 11.7 Å². The average molecular weight is 412 g/mol. The zero-order valence-electron chi connectivity index (χ0n) is 16.2. The number of hydrogen-bond donors (Lipinski definition) is 4. The highest BCUT2D eigenvalue weighted by molar-refractivity contribution is 7.11. The first-order valence-corrected chi connectivity index (χ1v) is 10.6. The van der Waals surface area contributed by atoms with Crippen molar-refractivity contribution < 1.29 is 24.5 Å². The SMILES string of the molecule is CCC/C(=C\[C@@]1(O)C[C@H](O)C(O)C1C/C=C\CCCC(N)=O)c1sccc1F. The fourth-order valence-electron chi connectivity index (χ4n) is 3.78. The summed E-state index contributed by atoms with van der Waals surface area (Å²) in [5.41, 5.74) is 4.39. The smallest absolute Gasteiger partial charge is 0.217 e. The molecular weight excluding hydrogens is 381 g/mol. The van der Waals surface area contributed by atoms with Crippen molar-refractivity contribution in [1.82, 2.24) is 0 Å². The number of halogens is 1. The molecule has 0 aromatic carbocycles. The molecule has 1 aromatic heterocycles. The number of nitrogens with two attached hydrogens (primary N) is 1. The standard InChI is InChI=1S/C21H30FNO4S/c1-2-7-14(20-16(22)10-11-28-20)12-21(27)13-17(24)19(26)15(21)8-5-3-4-6-9-18(23)25/h3,5,10-12,15,17,19,24,26-27H,2,4,6-9,13H2,1H3,(H2,23,25)/b5-3-,14-12+/t15?,17-,19?,21+/m0/s1. The lowest BCUT2D eigenvalue weighted by Crippen LogP contribution is -2.35. The predicted octanol–water partition coefficient (Wildman–Crippen LogP) is 3.15. The molecule has 1 heterocycles. The molecule has 1 saturated carbocycles. The summed E-state index contributed by atoms with van der Waals surface area (Å²) in [6.45, 7) is 1.98. The lowest BCUT2D eigenvalue weighted by Gasteiger charge is -2.28. The van der Waals surface area contributed by atoms with Gasteiger partial charge >= 0.3 is 0 Å². The Morgan fingerprint density at radius 2 is 2.14 bits per heavy atom. The summed E-state index contributed by atoms with van der Waals surface area (Å²) in [5.74, 6) is -1.26. The number of rotatable bonds is 10. The third-order valence-electron chi connectivity index (χ3n) is 5.19. The summed E-state index contributed by atoms with van der Waals surface area (Å²) in [5, 5.41) is 33.5. The van der Waals surface area contributed by atoms with Gasteiger partial charge in [-0.05, 0) is 48.8 Å². The Morgan fingerprint density at radius 1 is 1.39 bits per heavy atom. The molecule has 28 heavy (non-hydrogen) atoms. The zero-order chi connectivity index (χ0) is 20.7. The average Bonchev–Trinajstić information content (AvgIpc) is 3.13. The summed E-state index contributed by atoms with van der Waals surface area (Å²) in [7, 11) is 0. The highest BCUT2D eigenvalue weighted by atomic mass is 32.1. The number of thiophene rings is 1. The molecule has 5 nitrogen and oxygen atoms in total. The Bertz CT molecular complexity index is 717. The van der Waals surface area contributed by atoms with E-state index in [1.807, 2.05) is 19.1 Å². The molecule has 1 aromatic rings. The first kappa shape index (κ1) is 22.7. The molecule has 7 heteroatoms. The molecule has 4 atom stereocenters. The predicted molar refractivity (Wildman–Crippen MR) is 109 cm³/mol. The van der Waals surface area contributed by atoms with E-state index < -0.39 is 23.7 Å². The molecule has 156 valence electrons. The number of allylic oxidation sites excluding steroid dienone is 3. The van der Waals surface area contributed by atoms with Crippen LogP contribution in [-0.4, -0.2) is 39.0 Å². The molecule has 0 bridgehead atoms. The van der Waals surface area contributed by atoms with Crippen LogP contribution < -0.4 is 5.73 Å². The molecule has 1 fully saturated rings. The molecule has 0 aliphatic heterocycles. The van der Waals surface area contributed by atoms with Crippen molar-refractivity contribution in [3.8, 4) is 0 Å². The van der Waals surface area contributed by atoms with Gasteiger partial charge in [-0.3, -0.25) is 4.79 Å². The Labute approximate surface area is 169 Å². The minimum atomic E-state index is -1.42. The largest absolute Gasteiger partial charge is 0.390 e. The van der Waals surface area contributed by atoms with Gasteiger partial charge in [0.25, 0.3) is 0 Å². The molecule has 5 N–H and O–H groups in total. The minimum absolute atomic E-state index is 0.00849. The first-order valence-electron chi connectivity index (χ1n) is 9.75.